The van der Waals surface area contributed by atoms with Gasteiger partial charge in [0.1, 0.15) is 6.10 Å². The van der Waals surface area contributed by atoms with Crippen molar-refractivity contribution in [2.45, 2.75) is 70.2 Å². The van der Waals surface area contributed by atoms with Crippen LogP contribution in [0.1, 0.15) is 71.7 Å². The lowest BCUT2D eigenvalue weighted by Crippen LogP contribution is -2.23. The molecule has 1 aliphatic rings. The summed E-state index contributed by atoms with van der Waals surface area (Å²) in [7, 11) is 0. The number of aryl methyl sites for hydroxylation is 1. The molecule has 248 valence electrons. The Morgan fingerprint density at radius 2 is 1.52 bits per heavy atom. The molecule has 1 saturated heterocycles. The van der Waals surface area contributed by atoms with Gasteiger partial charge in [0.2, 0.25) is 0 Å². The monoisotopic (exact) mass is 754 g/mol. The number of allylic oxidation sites excluding steroid dienone is 1. The molecule has 1 N–H and O–H groups in total. The van der Waals surface area contributed by atoms with Crippen molar-refractivity contribution in [3.8, 4) is 22.3 Å². The van der Waals surface area contributed by atoms with Gasteiger partial charge in [0.25, 0.3) is 0 Å². The second kappa shape index (κ2) is 16.9. The summed E-state index contributed by atoms with van der Waals surface area (Å²) in [5.74, 6) is -1.04. The number of hydrogen-bond donors (Lipinski definition) is 1. The van der Waals surface area contributed by atoms with Crippen LogP contribution in [0.15, 0.2) is 125 Å². The molecule has 5 rings (SSSR count). The van der Waals surface area contributed by atoms with Crippen molar-refractivity contribution in [3.63, 3.8) is 0 Å². The van der Waals surface area contributed by atoms with Crippen LogP contribution >= 0.6 is 22.6 Å². The average molecular weight is 755 g/mol. The molecule has 0 aliphatic carbocycles. The molecule has 48 heavy (non-hydrogen) atoms. The molecular weight excluding hydrogens is 711 g/mol. The van der Waals surface area contributed by atoms with Crippen LogP contribution in [0.25, 0.3) is 22.3 Å². The third-order valence-electron chi connectivity index (χ3n) is 9.11. The molecule has 0 saturated carbocycles. The van der Waals surface area contributed by atoms with Crippen LogP contribution in [0, 0.1) is 5.92 Å². The lowest BCUT2D eigenvalue weighted by atomic mass is 9.93. The van der Waals surface area contributed by atoms with E-state index in [2.05, 4.69) is 54.8 Å². The highest BCUT2D eigenvalue weighted by Gasteiger charge is 2.30. The van der Waals surface area contributed by atoms with Gasteiger partial charge in [0.05, 0.1) is 23.3 Å². The first-order valence-corrected chi connectivity index (χ1v) is 17.7. The number of esters is 1. The number of aromatic carboxylic acids is 1. The van der Waals surface area contributed by atoms with E-state index >= 15 is 0 Å². The summed E-state index contributed by atoms with van der Waals surface area (Å²) in [6.45, 7) is 10.6. The van der Waals surface area contributed by atoms with Gasteiger partial charge in [-0.3, -0.25) is 0 Å². The molecular formula is C42H43IO5. The lowest BCUT2D eigenvalue weighted by Gasteiger charge is -2.23. The number of hydrogen-bond acceptors (Lipinski definition) is 4. The first-order chi connectivity index (χ1) is 23.2. The van der Waals surface area contributed by atoms with E-state index in [1.807, 2.05) is 78.9 Å². The van der Waals surface area contributed by atoms with Crippen LogP contribution < -0.4 is 0 Å². The Bertz CT molecular complexity index is 1710. The SMILES string of the molecule is C=C(I)[C@H](C)C[C@@H](CC[C@@H]1O[C@@H](CCCc2cc(C(=O)O)ccc2-c2ccccc2)CC1=C)OC(=O)c1ccc(-c2ccccc2)cc1. The topological polar surface area (TPSA) is 72.8 Å². The van der Waals surface area contributed by atoms with E-state index in [9.17, 15) is 14.7 Å². The van der Waals surface area contributed by atoms with E-state index in [-0.39, 0.29) is 30.2 Å². The third-order valence-corrected chi connectivity index (χ3v) is 10.2. The molecule has 6 heteroatoms. The standard InChI is InChI=1S/C42H43IO5/c1-28(30(3)43)25-38(48-42(46)34-19-17-32(18-20-34)31-11-6-4-7-12-31)22-24-40-29(2)26-37(47-40)16-10-15-35-27-36(41(44)45)21-23-39(35)33-13-8-5-9-14-33/h4-9,11-14,17-21,23,27-28,37-38,40H,2-3,10,15-16,22,24-26H2,1H3,(H,44,45)/t28-,37+,38-,40+/m1/s1. The number of ether oxygens (including phenoxy) is 2. The third kappa shape index (κ3) is 9.54. The van der Waals surface area contributed by atoms with Gasteiger partial charge in [-0.25, -0.2) is 9.59 Å². The van der Waals surface area contributed by atoms with Gasteiger partial charge in [0, 0.05) is 0 Å². The van der Waals surface area contributed by atoms with E-state index in [4.69, 9.17) is 9.47 Å². The zero-order valence-corrected chi connectivity index (χ0v) is 29.6. The number of halogens is 1. The molecule has 0 bridgehead atoms. The highest BCUT2D eigenvalue weighted by molar-refractivity contribution is 14.1. The summed E-state index contributed by atoms with van der Waals surface area (Å²) in [6.07, 6.45) is 5.04. The smallest absolute Gasteiger partial charge is 0.338 e. The normalized spacial score (nSPS) is 17.1. The highest BCUT2D eigenvalue weighted by atomic mass is 127. The van der Waals surface area contributed by atoms with Crippen molar-refractivity contribution in [2.24, 2.45) is 5.92 Å². The molecule has 5 nitrogen and oxygen atoms in total. The largest absolute Gasteiger partial charge is 0.478 e. The molecule has 0 spiro atoms. The van der Waals surface area contributed by atoms with Gasteiger partial charge >= 0.3 is 11.9 Å². The number of rotatable bonds is 15. The Labute approximate surface area is 297 Å². The summed E-state index contributed by atoms with van der Waals surface area (Å²) >= 11 is 2.25. The quantitative estimate of drug-likeness (QED) is 0.0743. The van der Waals surface area contributed by atoms with Crippen molar-refractivity contribution in [1.82, 2.24) is 0 Å². The predicted molar refractivity (Wildman–Crippen MR) is 201 cm³/mol. The van der Waals surface area contributed by atoms with E-state index in [1.165, 1.54) is 0 Å². The van der Waals surface area contributed by atoms with Crippen molar-refractivity contribution >= 4 is 34.5 Å². The summed E-state index contributed by atoms with van der Waals surface area (Å²) in [4.78, 5) is 24.9. The number of carbonyl (C=O) groups is 2. The molecule has 1 heterocycles. The fourth-order valence-corrected chi connectivity index (χ4v) is 6.58. The van der Waals surface area contributed by atoms with Gasteiger partial charge in [-0.15, -0.1) is 0 Å². The zero-order chi connectivity index (χ0) is 34.0. The van der Waals surface area contributed by atoms with Crippen LogP contribution in [0.4, 0.5) is 0 Å². The van der Waals surface area contributed by atoms with E-state index in [0.717, 1.165) is 69.1 Å². The van der Waals surface area contributed by atoms with Crippen LogP contribution in [0.3, 0.4) is 0 Å². The van der Waals surface area contributed by atoms with Crippen LogP contribution in [-0.2, 0) is 15.9 Å². The fraction of sp³-hybridized carbons (Fsp3) is 0.286. The molecule has 1 fully saturated rings. The van der Waals surface area contributed by atoms with Gasteiger partial charge in [-0.1, -0.05) is 98.9 Å². The van der Waals surface area contributed by atoms with Gasteiger partial charge in [-0.2, -0.15) is 0 Å². The highest BCUT2D eigenvalue weighted by Crippen LogP contribution is 2.33. The Morgan fingerprint density at radius 1 is 0.896 bits per heavy atom. The summed E-state index contributed by atoms with van der Waals surface area (Å²) in [5.41, 5.74) is 7.23. The van der Waals surface area contributed by atoms with E-state index in [0.29, 0.717) is 24.0 Å². The summed E-state index contributed by atoms with van der Waals surface area (Å²) < 4.78 is 13.6. The average Bonchev–Trinajstić information content (AvgIpc) is 3.46. The maximum absolute atomic E-state index is 13.2. The Morgan fingerprint density at radius 3 is 2.17 bits per heavy atom. The van der Waals surface area contributed by atoms with Crippen molar-refractivity contribution in [3.05, 3.63) is 142 Å². The Hall–Kier alpha value is -4.01. The first kappa shape index (κ1) is 35.3. The van der Waals surface area contributed by atoms with E-state index in [1.54, 1.807) is 12.1 Å². The van der Waals surface area contributed by atoms with Crippen molar-refractivity contribution in [1.29, 1.82) is 0 Å². The molecule has 4 aromatic rings. The minimum Gasteiger partial charge on any atom is -0.478 e. The number of carboxylic acid groups (broad SMARTS) is 1. The number of carbonyl (C=O) groups excluding carboxylic acids is 1. The van der Waals surface area contributed by atoms with Gasteiger partial charge in [-0.05, 0) is 135 Å². The molecule has 0 amide bonds. The number of benzene rings is 4. The molecule has 4 aromatic carbocycles. The van der Waals surface area contributed by atoms with Crippen molar-refractivity contribution < 1.29 is 24.2 Å². The summed E-state index contributed by atoms with van der Waals surface area (Å²) in [6, 6.07) is 33.1. The Balaban J connectivity index is 1.17. The molecule has 0 radical (unpaired) electrons. The van der Waals surface area contributed by atoms with E-state index < -0.39 is 5.97 Å². The maximum atomic E-state index is 13.2. The molecule has 0 aromatic heterocycles. The molecule has 1 aliphatic heterocycles. The zero-order valence-electron chi connectivity index (χ0n) is 27.4. The van der Waals surface area contributed by atoms with Crippen LogP contribution in [-0.4, -0.2) is 35.4 Å². The summed E-state index contributed by atoms with van der Waals surface area (Å²) in [5, 5.41) is 9.59. The van der Waals surface area contributed by atoms with Gasteiger partial charge in [0.15, 0.2) is 0 Å². The second-order valence-corrected chi connectivity index (χ2v) is 14.1. The number of carboxylic acids is 1. The van der Waals surface area contributed by atoms with Gasteiger partial charge < -0.3 is 14.6 Å². The van der Waals surface area contributed by atoms with Crippen molar-refractivity contribution in [2.75, 3.05) is 0 Å². The fourth-order valence-electron chi connectivity index (χ4n) is 6.33. The molecule has 0 unspecified atom stereocenters. The van der Waals surface area contributed by atoms with Crippen LogP contribution in [0.2, 0.25) is 0 Å². The predicted octanol–water partition coefficient (Wildman–Crippen LogP) is 10.7. The second-order valence-electron chi connectivity index (χ2n) is 12.7. The first-order valence-electron chi connectivity index (χ1n) is 16.6. The maximum Gasteiger partial charge on any atom is 0.338 e. The minimum atomic E-state index is -0.920. The van der Waals surface area contributed by atoms with Crippen LogP contribution in [0.5, 0.6) is 0 Å². The minimum absolute atomic E-state index is 0.0579. The molecule has 4 atom stereocenters. The lowest BCUT2D eigenvalue weighted by molar-refractivity contribution is 0.0102. The Kier molecular flexibility index (Phi) is 12.4.